The number of nitrogens with one attached hydrogen (secondary N) is 2. The third-order valence-electron chi connectivity index (χ3n) is 3.65. The van der Waals surface area contributed by atoms with Gasteiger partial charge in [0.2, 0.25) is 10.0 Å². The summed E-state index contributed by atoms with van der Waals surface area (Å²) < 4.78 is 24.4. The Balaban J connectivity index is 2.26. The summed E-state index contributed by atoms with van der Waals surface area (Å²) in [4.78, 5) is 4.19. The van der Waals surface area contributed by atoms with Crippen LogP contribution in [0.5, 0.6) is 0 Å². The van der Waals surface area contributed by atoms with E-state index in [0.29, 0.717) is 19.0 Å². The highest BCUT2D eigenvalue weighted by Crippen LogP contribution is 2.18. The molecule has 1 saturated heterocycles. The lowest BCUT2D eigenvalue weighted by molar-refractivity contribution is 0.275. The first-order valence-electron chi connectivity index (χ1n) is 7.37. The van der Waals surface area contributed by atoms with Crippen molar-refractivity contribution in [3.05, 3.63) is 0 Å². The molecule has 0 aliphatic carbocycles. The van der Waals surface area contributed by atoms with Crippen molar-refractivity contribution >= 4 is 16.0 Å². The summed E-state index contributed by atoms with van der Waals surface area (Å²) in [7, 11) is -1.25. The average molecular weight is 304 g/mol. The van der Waals surface area contributed by atoms with Crippen molar-refractivity contribution < 1.29 is 8.42 Å². The van der Waals surface area contributed by atoms with Crippen LogP contribution in [0.4, 0.5) is 0 Å². The van der Waals surface area contributed by atoms with E-state index in [1.807, 2.05) is 0 Å². The van der Waals surface area contributed by atoms with Gasteiger partial charge in [-0.05, 0) is 25.2 Å². The van der Waals surface area contributed by atoms with Crippen molar-refractivity contribution in [2.24, 2.45) is 10.9 Å². The number of unbranched alkanes of at least 4 members (excludes halogenated alkanes) is 1. The van der Waals surface area contributed by atoms with Crippen molar-refractivity contribution in [1.29, 1.82) is 0 Å². The highest BCUT2D eigenvalue weighted by atomic mass is 32.2. The van der Waals surface area contributed by atoms with E-state index < -0.39 is 10.0 Å². The second-order valence-electron chi connectivity index (χ2n) is 5.34. The number of sulfonamides is 1. The number of hydrogen-bond acceptors (Lipinski definition) is 3. The Bertz CT molecular complexity index is 401. The van der Waals surface area contributed by atoms with Crippen LogP contribution in [-0.4, -0.2) is 58.2 Å². The van der Waals surface area contributed by atoms with Crippen LogP contribution < -0.4 is 10.6 Å². The largest absolute Gasteiger partial charge is 0.356 e. The Morgan fingerprint density at radius 2 is 1.95 bits per heavy atom. The minimum Gasteiger partial charge on any atom is -0.356 e. The van der Waals surface area contributed by atoms with E-state index in [-0.39, 0.29) is 0 Å². The van der Waals surface area contributed by atoms with Crippen molar-refractivity contribution in [2.45, 2.75) is 32.6 Å². The summed E-state index contributed by atoms with van der Waals surface area (Å²) in [6.45, 7) is 5.21. The van der Waals surface area contributed by atoms with E-state index >= 15 is 0 Å². The minimum absolute atomic E-state index is 0.512. The van der Waals surface area contributed by atoms with Gasteiger partial charge in [0.25, 0.3) is 0 Å². The number of guanidine groups is 1. The number of rotatable bonds is 6. The first-order valence-corrected chi connectivity index (χ1v) is 9.21. The van der Waals surface area contributed by atoms with Gasteiger partial charge in [0.1, 0.15) is 0 Å². The van der Waals surface area contributed by atoms with Gasteiger partial charge in [-0.1, -0.05) is 13.3 Å². The van der Waals surface area contributed by atoms with Crippen LogP contribution in [0.2, 0.25) is 0 Å². The number of nitrogens with zero attached hydrogens (tertiary/aromatic N) is 2. The van der Waals surface area contributed by atoms with Crippen LogP contribution >= 0.6 is 0 Å². The van der Waals surface area contributed by atoms with E-state index in [2.05, 4.69) is 22.5 Å². The Labute approximate surface area is 123 Å². The Kier molecular flexibility index (Phi) is 7.29. The molecule has 1 aliphatic rings. The first kappa shape index (κ1) is 17.2. The molecule has 0 spiro atoms. The van der Waals surface area contributed by atoms with E-state index in [9.17, 15) is 8.42 Å². The lowest BCUT2D eigenvalue weighted by atomic mass is 9.98. The molecule has 6 nitrogen and oxygen atoms in total. The predicted molar refractivity (Wildman–Crippen MR) is 83.4 cm³/mol. The van der Waals surface area contributed by atoms with Crippen molar-refractivity contribution in [1.82, 2.24) is 14.9 Å². The molecule has 0 amide bonds. The molecule has 0 unspecified atom stereocenters. The lowest BCUT2D eigenvalue weighted by Crippen LogP contribution is -2.44. The maximum Gasteiger partial charge on any atom is 0.211 e. The Hall–Kier alpha value is -0.820. The molecule has 20 heavy (non-hydrogen) atoms. The van der Waals surface area contributed by atoms with Gasteiger partial charge in [-0.3, -0.25) is 4.99 Å². The van der Waals surface area contributed by atoms with Crippen LogP contribution in [0.15, 0.2) is 4.99 Å². The summed E-state index contributed by atoms with van der Waals surface area (Å²) in [5.74, 6) is 1.35. The van der Waals surface area contributed by atoms with Gasteiger partial charge >= 0.3 is 0 Å². The van der Waals surface area contributed by atoms with Gasteiger partial charge < -0.3 is 10.6 Å². The molecule has 0 atom stereocenters. The van der Waals surface area contributed by atoms with Gasteiger partial charge in [0, 0.05) is 33.2 Å². The van der Waals surface area contributed by atoms with Gasteiger partial charge in [0.15, 0.2) is 5.96 Å². The molecule has 0 saturated carbocycles. The maximum atomic E-state index is 11.4. The van der Waals surface area contributed by atoms with E-state index in [0.717, 1.165) is 44.7 Å². The number of aliphatic imine (C=N–C) groups is 1. The molecular formula is C13H28N4O2S. The summed E-state index contributed by atoms with van der Waals surface area (Å²) in [5, 5.41) is 6.60. The third kappa shape index (κ3) is 6.09. The summed E-state index contributed by atoms with van der Waals surface area (Å²) >= 11 is 0. The molecule has 118 valence electrons. The highest BCUT2D eigenvalue weighted by molar-refractivity contribution is 7.88. The molecule has 0 aromatic rings. The normalized spacial score (nSPS) is 19.1. The standard InChI is InChI=1S/C13H28N4O2S/c1-4-5-8-15-13(14-2)16-11-12-6-9-17(10-7-12)20(3,18)19/h12H,4-11H2,1-3H3,(H2,14,15,16). The zero-order chi connectivity index (χ0) is 15.0. The van der Waals surface area contributed by atoms with Crippen LogP contribution in [0, 0.1) is 5.92 Å². The fourth-order valence-corrected chi connectivity index (χ4v) is 3.16. The molecule has 0 radical (unpaired) electrons. The topological polar surface area (TPSA) is 73.8 Å². The Morgan fingerprint density at radius 3 is 2.45 bits per heavy atom. The molecule has 7 heteroatoms. The number of hydrogen-bond donors (Lipinski definition) is 2. The summed E-state index contributed by atoms with van der Waals surface area (Å²) in [5.41, 5.74) is 0. The van der Waals surface area contributed by atoms with Crippen LogP contribution in [0.3, 0.4) is 0 Å². The van der Waals surface area contributed by atoms with Crippen LogP contribution in [-0.2, 0) is 10.0 Å². The van der Waals surface area contributed by atoms with E-state index in [1.165, 1.54) is 6.26 Å². The molecular weight excluding hydrogens is 276 g/mol. The summed E-state index contributed by atoms with van der Waals surface area (Å²) in [6.07, 6.45) is 5.39. The lowest BCUT2D eigenvalue weighted by Gasteiger charge is -2.30. The fourth-order valence-electron chi connectivity index (χ4n) is 2.29. The monoisotopic (exact) mass is 304 g/mol. The second-order valence-corrected chi connectivity index (χ2v) is 7.32. The second kappa shape index (κ2) is 8.46. The van der Waals surface area contributed by atoms with Gasteiger partial charge in [-0.2, -0.15) is 0 Å². The van der Waals surface area contributed by atoms with Gasteiger partial charge in [0.05, 0.1) is 6.26 Å². The SMILES string of the molecule is CCCCNC(=NC)NCC1CCN(S(C)(=O)=O)CC1. The molecule has 0 bridgehead atoms. The molecule has 1 heterocycles. The zero-order valence-electron chi connectivity index (χ0n) is 12.9. The number of piperidine rings is 1. The van der Waals surface area contributed by atoms with E-state index in [1.54, 1.807) is 11.4 Å². The van der Waals surface area contributed by atoms with Gasteiger partial charge in [-0.15, -0.1) is 0 Å². The molecule has 1 aliphatic heterocycles. The Morgan fingerprint density at radius 1 is 1.30 bits per heavy atom. The van der Waals surface area contributed by atoms with Crippen molar-refractivity contribution in [2.75, 3.05) is 39.5 Å². The third-order valence-corrected chi connectivity index (χ3v) is 4.95. The molecule has 1 rings (SSSR count). The average Bonchev–Trinajstić information content (AvgIpc) is 2.42. The van der Waals surface area contributed by atoms with E-state index in [4.69, 9.17) is 0 Å². The minimum atomic E-state index is -3.02. The van der Waals surface area contributed by atoms with Crippen molar-refractivity contribution in [3.63, 3.8) is 0 Å². The first-order chi connectivity index (χ1) is 9.47. The van der Waals surface area contributed by atoms with Crippen LogP contribution in [0.25, 0.3) is 0 Å². The molecule has 0 aromatic carbocycles. The maximum absolute atomic E-state index is 11.4. The molecule has 1 fully saturated rings. The smallest absolute Gasteiger partial charge is 0.211 e. The van der Waals surface area contributed by atoms with Gasteiger partial charge in [-0.25, -0.2) is 12.7 Å². The zero-order valence-corrected chi connectivity index (χ0v) is 13.7. The highest BCUT2D eigenvalue weighted by Gasteiger charge is 2.24. The molecule has 2 N–H and O–H groups in total. The van der Waals surface area contributed by atoms with Crippen LogP contribution in [0.1, 0.15) is 32.6 Å². The van der Waals surface area contributed by atoms with Crippen molar-refractivity contribution in [3.8, 4) is 0 Å². The molecule has 0 aromatic heterocycles. The fraction of sp³-hybridized carbons (Fsp3) is 0.923. The quantitative estimate of drug-likeness (QED) is 0.429. The predicted octanol–water partition coefficient (Wildman–Crippen LogP) is 0.623. The summed E-state index contributed by atoms with van der Waals surface area (Å²) in [6, 6.07) is 0.